The zero-order chi connectivity index (χ0) is 18.8. The van der Waals surface area contributed by atoms with E-state index in [0.717, 1.165) is 17.1 Å². The summed E-state index contributed by atoms with van der Waals surface area (Å²) in [6.45, 7) is 8.58. The van der Waals surface area contributed by atoms with Crippen LogP contribution in [0.2, 0.25) is 0 Å². The minimum atomic E-state index is -3.67. The fourth-order valence-electron chi connectivity index (χ4n) is 2.78. The van der Waals surface area contributed by atoms with Gasteiger partial charge in [0.25, 0.3) is 5.91 Å². The van der Waals surface area contributed by atoms with E-state index in [4.69, 9.17) is 0 Å². The minimum Gasteiger partial charge on any atom is -0.352 e. The van der Waals surface area contributed by atoms with E-state index in [2.05, 4.69) is 26.1 Å². The Morgan fingerprint density at radius 3 is 2.56 bits per heavy atom. The third kappa shape index (κ3) is 4.81. The molecule has 7 heteroatoms. The highest BCUT2D eigenvalue weighted by atomic mass is 32.2. The van der Waals surface area contributed by atoms with E-state index >= 15 is 0 Å². The van der Waals surface area contributed by atoms with Crippen LogP contribution in [-0.4, -0.2) is 32.5 Å². The Labute approximate surface area is 149 Å². The number of carbonyl (C=O) groups is 2. The zero-order valence-corrected chi connectivity index (χ0v) is 16.0. The number of nitrogens with one attached hydrogen (secondary N) is 1. The molecule has 1 unspecified atom stereocenters. The lowest BCUT2D eigenvalue weighted by atomic mass is 9.91. The van der Waals surface area contributed by atoms with Crippen molar-refractivity contribution in [1.82, 2.24) is 5.32 Å². The topological polar surface area (TPSA) is 83.6 Å². The maximum absolute atomic E-state index is 12.3. The van der Waals surface area contributed by atoms with Crippen molar-refractivity contribution in [2.75, 3.05) is 16.6 Å². The first-order chi connectivity index (χ1) is 11.5. The number of rotatable bonds is 5. The first-order valence-corrected chi connectivity index (χ1v) is 10.1. The van der Waals surface area contributed by atoms with Gasteiger partial charge in [0.05, 0.1) is 17.4 Å². The van der Waals surface area contributed by atoms with Crippen LogP contribution in [0.25, 0.3) is 0 Å². The average molecular weight is 366 g/mol. The summed E-state index contributed by atoms with van der Waals surface area (Å²) in [5, 5.41) is 2.84. The van der Waals surface area contributed by atoms with E-state index in [-0.39, 0.29) is 22.8 Å². The third-order valence-corrected chi connectivity index (χ3v) is 5.96. The molecule has 25 heavy (non-hydrogen) atoms. The Hall–Kier alpha value is -1.89. The van der Waals surface area contributed by atoms with Crippen LogP contribution in [0.4, 0.5) is 5.69 Å². The summed E-state index contributed by atoms with van der Waals surface area (Å²) < 4.78 is 25.2. The molecule has 1 aliphatic rings. The molecule has 1 aromatic carbocycles. The van der Waals surface area contributed by atoms with E-state index < -0.39 is 21.8 Å². The fourth-order valence-corrected chi connectivity index (χ4v) is 4.60. The first kappa shape index (κ1) is 19.4. The molecule has 2 amide bonds. The van der Waals surface area contributed by atoms with Gasteiger partial charge >= 0.3 is 0 Å². The predicted molar refractivity (Wildman–Crippen MR) is 97.9 cm³/mol. The molecule has 6 nitrogen and oxygen atoms in total. The molecule has 1 aromatic rings. The quantitative estimate of drug-likeness (QED) is 0.812. The molecular weight excluding hydrogens is 340 g/mol. The van der Waals surface area contributed by atoms with Crippen LogP contribution in [0, 0.1) is 11.3 Å². The summed E-state index contributed by atoms with van der Waals surface area (Å²) in [6, 6.07) is 6.18. The van der Waals surface area contributed by atoms with Crippen LogP contribution < -0.4 is 9.62 Å². The van der Waals surface area contributed by atoms with Gasteiger partial charge in [0.15, 0.2) is 0 Å². The van der Waals surface area contributed by atoms with Crippen molar-refractivity contribution >= 4 is 27.5 Å². The Morgan fingerprint density at radius 1 is 1.32 bits per heavy atom. The summed E-state index contributed by atoms with van der Waals surface area (Å²) in [5.74, 6) is -1.50. The van der Waals surface area contributed by atoms with Gasteiger partial charge in [-0.3, -0.25) is 9.59 Å². The maximum Gasteiger partial charge on any atom is 0.251 e. The summed E-state index contributed by atoms with van der Waals surface area (Å²) in [4.78, 5) is 24.4. The van der Waals surface area contributed by atoms with Gasteiger partial charge in [0, 0.05) is 12.1 Å². The van der Waals surface area contributed by atoms with Gasteiger partial charge in [-0.15, -0.1) is 0 Å². The van der Waals surface area contributed by atoms with Crippen LogP contribution in [-0.2, 0) is 14.8 Å². The molecule has 0 spiro atoms. The number of sulfonamides is 1. The van der Waals surface area contributed by atoms with E-state index in [9.17, 15) is 18.0 Å². The summed E-state index contributed by atoms with van der Waals surface area (Å²) >= 11 is 0. The summed E-state index contributed by atoms with van der Waals surface area (Å²) in [6.07, 6.45) is 1.86. The van der Waals surface area contributed by atoms with Crippen molar-refractivity contribution in [2.24, 2.45) is 11.3 Å². The molecular formula is C18H26N2O4S. The molecule has 1 atom stereocenters. The Morgan fingerprint density at radius 2 is 2.00 bits per heavy atom. The van der Waals surface area contributed by atoms with Crippen LogP contribution in [0.15, 0.2) is 24.3 Å². The number of nitrogens with zero attached hydrogens (tertiary/aromatic N) is 1. The van der Waals surface area contributed by atoms with E-state index in [1.807, 2.05) is 0 Å². The largest absolute Gasteiger partial charge is 0.352 e. The van der Waals surface area contributed by atoms with Crippen LogP contribution in [0.3, 0.4) is 0 Å². The normalized spacial score (nSPS) is 19.9. The average Bonchev–Trinajstić information content (AvgIpc) is 2.70. The van der Waals surface area contributed by atoms with Crippen molar-refractivity contribution < 1.29 is 18.0 Å². The smallest absolute Gasteiger partial charge is 0.251 e. The van der Waals surface area contributed by atoms with Gasteiger partial charge in [-0.1, -0.05) is 33.8 Å². The van der Waals surface area contributed by atoms with Crippen molar-refractivity contribution in [3.8, 4) is 0 Å². The Kier molecular flexibility index (Phi) is 5.56. The van der Waals surface area contributed by atoms with Gasteiger partial charge in [-0.05, 0) is 36.5 Å². The van der Waals surface area contributed by atoms with Gasteiger partial charge in [-0.2, -0.15) is 0 Å². The molecule has 0 aliphatic carbocycles. The van der Waals surface area contributed by atoms with Crippen LogP contribution >= 0.6 is 0 Å². The van der Waals surface area contributed by atoms with Crippen molar-refractivity contribution in [2.45, 2.75) is 40.5 Å². The van der Waals surface area contributed by atoms with Crippen molar-refractivity contribution in [3.63, 3.8) is 0 Å². The molecule has 2 rings (SSSR count). The highest BCUT2D eigenvalue weighted by molar-refractivity contribution is 7.94. The lowest BCUT2D eigenvalue weighted by Gasteiger charge is -2.18. The number of benzene rings is 1. The van der Waals surface area contributed by atoms with Crippen molar-refractivity contribution in [1.29, 1.82) is 0 Å². The number of hydrogen-bond donors (Lipinski definition) is 1. The van der Waals surface area contributed by atoms with E-state index in [0.29, 0.717) is 12.1 Å². The Balaban J connectivity index is 2.09. The van der Waals surface area contributed by atoms with Crippen LogP contribution in [0.5, 0.6) is 0 Å². The number of amides is 2. The monoisotopic (exact) mass is 366 g/mol. The van der Waals surface area contributed by atoms with Crippen molar-refractivity contribution in [3.05, 3.63) is 29.8 Å². The summed E-state index contributed by atoms with van der Waals surface area (Å²) in [7, 11) is -3.67. The minimum absolute atomic E-state index is 0.199. The molecule has 1 saturated heterocycles. The molecule has 0 aromatic heterocycles. The van der Waals surface area contributed by atoms with Crippen LogP contribution in [0.1, 0.15) is 50.9 Å². The SMILES string of the molecule is CC1CS(=O)(=O)N(c2cccc(C(=O)NCCCC(C)(C)C)c2)C1=O. The van der Waals surface area contributed by atoms with Gasteiger partial charge in [-0.25, -0.2) is 12.7 Å². The predicted octanol–water partition coefficient (Wildman–Crippen LogP) is 2.56. The van der Waals surface area contributed by atoms with E-state index in [1.54, 1.807) is 19.1 Å². The van der Waals surface area contributed by atoms with E-state index in [1.165, 1.54) is 12.1 Å². The number of carbonyl (C=O) groups excluding carboxylic acids is 2. The molecule has 1 heterocycles. The second-order valence-electron chi connectivity index (χ2n) is 7.75. The number of hydrogen-bond acceptors (Lipinski definition) is 4. The second kappa shape index (κ2) is 7.15. The fraction of sp³-hybridized carbons (Fsp3) is 0.556. The maximum atomic E-state index is 12.3. The second-order valence-corrected chi connectivity index (χ2v) is 9.61. The first-order valence-electron chi connectivity index (χ1n) is 8.46. The molecule has 0 bridgehead atoms. The lowest BCUT2D eigenvalue weighted by Crippen LogP contribution is -2.31. The third-order valence-electron chi connectivity index (χ3n) is 4.09. The Bertz CT molecular complexity index is 766. The molecule has 1 aliphatic heterocycles. The lowest BCUT2D eigenvalue weighted by molar-refractivity contribution is -0.119. The molecule has 0 saturated carbocycles. The molecule has 138 valence electrons. The molecule has 0 radical (unpaired) electrons. The summed E-state index contributed by atoms with van der Waals surface area (Å²) in [5.41, 5.74) is 0.777. The standard InChI is InChI=1S/C18H26N2O4S/c1-13-12-25(23,24)20(17(13)22)15-8-5-7-14(11-15)16(21)19-10-6-9-18(2,3)4/h5,7-8,11,13H,6,9-10,12H2,1-4H3,(H,19,21). The highest BCUT2D eigenvalue weighted by Crippen LogP contribution is 2.28. The zero-order valence-electron chi connectivity index (χ0n) is 15.2. The van der Waals surface area contributed by atoms with Gasteiger partial charge in [0.1, 0.15) is 0 Å². The molecule has 1 N–H and O–H groups in total. The van der Waals surface area contributed by atoms with Gasteiger partial charge in [0.2, 0.25) is 15.9 Å². The number of anilines is 1. The highest BCUT2D eigenvalue weighted by Gasteiger charge is 2.42. The van der Waals surface area contributed by atoms with Gasteiger partial charge < -0.3 is 5.32 Å². The molecule has 1 fully saturated rings.